The number of carbonyl (C=O) groups excluding carboxylic acids is 2. The molecule has 9 nitrogen and oxygen atoms in total. The topological polar surface area (TPSA) is 111 Å². The number of amides is 1. The van der Waals surface area contributed by atoms with E-state index in [-0.39, 0.29) is 31.5 Å². The normalized spacial score (nSPS) is 14.3. The maximum atomic E-state index is 13.4. The molecule has 0 aliphatic rings. The summed E-state index contributed by atoms with van der Waals surface area (Å²) < 4.78 is 30.5. The van der Waals surface area contributed by atoms with Crippen LogP contribution in [0, 0.1) is 0 Å². The molecule has 0 saturated carbocycles. The Balaban J connectivity index is 5.41. The summed E-state index contributed by atoms with van der Waals surface area (Å²) in [6.07, 6.45) is 56.4. The van der Waals surface area contributed by atoms with E-state index in [1.165, 1.54) is 109 Å². The Morgan fingerprint density at radius 3 is 1.50 bits per heavy atom. The summed E-state index contributed by atoms with van der Waals surface area (Å²) >= 11 is 0. The van der Waals surface area contributed by atoms with Gasteiger partial charge >= 0.3 is 13.8 Å². The van der Waals surface area contributed by atoms with Gasteiger partial charge in [-0.1, -0.05) is 204 Å². The van der Waals surface area contributed by atoms with Gasteiger partial charge in [0, 0.05) is 12.8 Å². The molecule has 3 unspecified atom stereocenters. The van der Waals surface area contributed by atoms with Gasteiger partial charge in [0.2, 0.25) is 5.91 Å². The number of hydrogen-bond donors (Lipinski definition) is 2. The lowest BCUT2D eigenvalue weighted by Gasteiger charge is -2.27. The number of esters is 1. The number of nitrogens with one attached hydrogen (secondary N) is 1. The van der Waals surface area contributed by atoms with Crippen LogP contribution in [0.15, 0.2) is 60.8 Å². The smallest absolute Gasteiger partial charge is 0.456 e. The first kappa shape index (κ1) is 63.7. The number of likely N-dealkylation sites (N-methyl/N-ethyl adjacent to an activating group) is 1. The highest BCUT2D eigenvalue weighted by atomic mass is 31.2. The van der Waals surface area contributed by atoms with Crippen LogP contribution in [0.2, 0.25) is 0 Å². The molecule has 0 heterocycles. The largest absolute Gasteiger partial charge is 0.472 e. The summed E-state index contributed by atoms with van der Waals surface area (Å²) in [6.45, 7) is 6.84. The Kier molecular flexibility index (Phi) is 44.8. The van der Waals surface area contributed by atoms with Crippen LogP contribution in [-0.4, -0.2) is 74.3 Å². The number of ether oxygens (including phenoxy) is 1. The van der Waals surface area contributed by atoms with Gasteiger partial charge in [0.15, 0.2) is 0 Å². The van der Waals surface area contributed by atoms with Gasteiger partial charge in [-0.05, 0) is 76.7 Å². The van der Waals surface area contributed by atoms with Gasteiger partial charge in [-0.15, -0.1) is 0 Å². The molecule has 2 N–H and O–H groups in total. The zero-order chi connectivity index (χ0) is 48.7. The fourth-order valence-corrected chi connectivity index (χ4v) is 8.26. The third-order valence-corrected chi connectivity index (χ3v) is 12.7. The van der Waals surface area contributed by atoms with E-state index in [0.29, 0.717) is 17.4 Å². The SMILES string of the molecule is CC/C=C/C=C/C=C/CCCCCCCCCC(=O)OC(/C=C/CCCCCCCCCCC)C(COP(=O)(O)OCC[N+](C)(C)C)NC(=O)CCCCC/C=C\CCCCCCCCC. The second-order valence-corrected chi connectivity index (χ2v) is 20.9. The molecule has 10 heteroatoms. The number of phosphoric acid groups is 1. The van der Waals surface area contributed by atoms with Gasteiger partial charge in [0.25, 0.3) is 0 Å². The molecule has 0 aromatic rings. The van der Waals surface area contributed by atoms with Crippen molar-refractivity contribution >= 4 is 19.7 Å². The molecule has 66 heavy (non-hydrogen) atoms. The zero-order valence-corrected chi connectivity index (χ0v) is 44.6. The molecule has 0 aliphatic heterocycles. The number of carbonyl (C=O) groups is 2. The van der Waals surface area contributed by atoms with E-state index in [2.05, 4.69) is 74.7 Å². The van der Waals surface area contributed by atoms with E-state index < -0.39 is 20.0 Å². The van der Waals surface area contributed by atoms with E-state index >= 15 is 0 Å². The minimum Gasteiger partial charge on any atom is -0.456 e. The maximum absolute atomic E-state index is 13.4. The molecule has 0 bridgehead atoms. The van der Waals surface area contributed by atoms with Crippen molar-refractivity contribution in [2.24, 2.45) is 0 Å². The number of rotatable bonds is 48. The van der Waals surface area contributed by atoms with Gasteiger partial charge in [0.05, 0.1) is 33.8 Å². The maximum Gasteiger partial charge on any atom is 0.472 e. The second kappa shape index (κ2) is 46.4. The van der Waals surface area contributed by atoms with Crippen LogP contribution in [-0.2, 0) is 27.9 Å². The van der Waals surface area contributed by atoms with Crippen molar-refractivity contribution in [3.05, 3.63) is 60.8 Å². The minimum atomic E-state index is -4.45. The Hall–Kier alpha value is -2.29. The third kappa shape index (κ3) is 46.8. The van der Waals surface area contributed by atoms with Gasteiger partial charge in [-0.2, -0.15) is 0 Å². The van der Waals surface area contributed by atoms with Gasteiger partial charge < -0.3 is 19.4 Å². The Morgan fingerprint density at radius 2 is 0.985 bits per heavy atom. The van der Waals surface area contributed by atoms with Crippen molar-refractivity contribution in [3.63, 3.8) is 0 Å². The predicted octanol–water partition coefficient (Wildman–Crippen LogP) is 15.9. The first-order chi connectivity index (χ1) is 31.9. The number of nitrogens with zero attached hydrogens (tertiary/aromatic N) is 1. The van der Waals surface area contributed by atoms with Crippen LogP contribution >= 0.6 is 7.82 Å². The average molecular weight is 948 g/mol. The highest BCUT2D eigenvalue weighted by molar-refractivity contribution is 7.47. The highest BCUT2D eigenvalue weighted by Crippen LogP contribution is 2.43. The van der Waals surface area contributed by atoms with Crippen molar-refractivity contribution in [2.45, 2.75) is 245 Å². The van der Waals surface area contributed by atoms with Crippen LogP contribution in [0.25, 0.3) is 0 Å². The molecule has 0 spiro atoms. The molecule has 1 amide bonds. The van der Waals surface area contributed by atoms with Crippen LogP contribution in [0.1, 0.15) is 233 Å². The quantitative estimate of drug-likeness (QED) is 0.0156. The molecule has 0 rings (SSSR count). The second-order valence-electron chi connectivity index (χ2n) is 19.4. The van der Waals surface area contributed by atoms with Gasteiger partial charge in [0.1, 0.15) is 19.3 Å². The Bertz CT molecular complexity index is 1320. The van der Waals surface area contributed by atoms with Crippen molar-refractivity contribution in [1.82, 2.24) is 5.32 Å². The Labute approximate surface area is 407 Å². The standard InChI is InChI=1S/C56H103N2O7P/c1-7-10-13-16-19-22-25-27-29-31-34-37-40-43-46-49-56(60)65-54(47-44-41-38-35-32-24-21-18-15-12-9-3)53(52-64-66(61,62)63-51-50-58(4,5)6)57-55(59)48-45-42-39-36-33-30-28-26-23-20-17-14-11-8-2/h10,13,16,19,22,25,30,33,44,47,53-54H,7-9,11-12,14-15,17-18,20-21,23-24,26-29,31-32,34-43,45-46,48-52H2,1-6H3,(H-,57,59,61,62)/p+1/b13-10+,19-16+,25-22+,33-30-,47-44+. The average Bonchev–Trinajstić information content (AvgIpc) is 3.27. The highest BCUT2D eigenvalue weighted by Gasteiger charge is 2.30. The van der Waals surface area contributed by atoms with E-state index in [9.17, 15) is 19.0 Å². The van der Waals surface area contributed by atoms with Crippen molar-refractivity contribution in [3.8, 4) is 0 Å². The van der Waals surface area contributed by atoms with Gasteiger partial charge in [-0.25, -0.2) is 4.57 Å². The lowest BCUT2D eigenvalue weighted by Crippen LogP contribution is -2.47. The molecule has 0 saturated heterocycles. The van der Waals surface area contributed by atoms with Crippen LogP contribution < -0.4 is 5.32 Å². The first-order valence-electron chi connectivity index (χ1n) is 27.1. The first-order valence-corrected chi connectivity index (χ1v) is 28.6. The van der Waals surface area contributed by atoms with E-state index in [1.807, 2.05) is 33.3 Å². The molecule has 0 aromatic carbocycles. The molecule has 0 fully saturated rings. The number of phosphoric ester groups is 1. The zero-order valence-electron chi connectivity index (χ0n) is 43.7. The van der Waals surface area contributed by atoms with E-state index in [0.717, 1.165) is 89.9 Å². The fraction of sp³-hybridized carbons (Fsp3) is 0.786. The molecule has 0 radical (unpaired) electrons. The van der Waals surface area contributed by atoms with Crippen LogP contribution in [0.4, 0.5) is 0 Å². The molecule has 3 atom stereocenters. The number of quaternary nitrogens is 1. The van der Waals surface area contributed by atoms with Gasteiger partial charge in [-0.3, -0.25) is 18.6 Å². The summed E-state index contributed by atoms with van der Waals surface area (Å²) in [4.78, 5) is 37.4. The van der Waals surface area contributed by atoms with Crippen LogP contribution in [0.3, 0.4) is 0 Å². The molecule has 384 valence electrons. The van der Waals surface area contributed by atoms with Crippen LogP contribution in [0.5, 0.6) is 0 Å². The van der Waals surface area contributed by atoms with Crippen molar-refractivity contribution in [2.75, 3.05) is 40.9 Å². The van der Waals surface area contributed by atoms with Crippen molar-refractivity contribution in [1.29, 1.82) is 0 Å². The summed E-state index contributed by atoms with van der Waals surface area (Å²) in [7, 11) is 1.47. The fourth-order valence-electron chi connectivity index (χ4n) is 7.52. The summed E-state index contributed by atoms with van der Waals surface area (Å²) in [5.41, 5.74) is 0. The summed E-state index contributed by atoms with van der Waals surface area (Å²) in [5.74, 6) is -0.540. The van der Waals surface area contributed by atoms with E-state index in [4.69, 9.17) is 13.8 Å². The lowest BCUT2D eigenvalue weighted by atomic mass is 10.1. The predicted molar refractivity (Wildman–Crippen MR) is 282 cm³/mol. The molecule has 0 aromatic heterocycles. The molecular formula is C56H104N2O7P+. The lowest BCUT2D eigenvalue weighted by molar-refractivity contribution is -0.870. The molecular weight excluding hydrogens is 844 g/mol. The summed E-state index contributed by atoms with van der Waals surface area (Å²) in [6, 6.07) is -0.860. The number of unbranched alkanes of at least 4 members (excludes halogenated alkanes) is 26. The number of hydrogen-bond acceptors (Lipinski definition) is 6. The monoisotopic (exact) mass is 948 g/mol. The Morgan fingerprint density at radius 1 is 0.545 bits per heavy atom. The third-order valence-electron chi connectivity index (χ3n) is 11.8. The van der Waals surface area contributed by atoms with E-state index in [1.54, 1.807) is 0 Å². The van der Waals surface area contributed by atoms with Crippen molar-refractivity contribution < 1.29 is 37.3 Å². The minimum absolute atomic E-state index is 0.0340. The summed E-state index contributed by atoms with van der Waals surface area (Å²) in [5, 5.41) is 3.03. The molecule has 0 aliphatic carbocycles. The number of allylic oxidation sites excluding steroid dienone is 9.